The normalized spacial score (nSPS) is 17.1. The Morgan fingerprint density at radius 1 is 1.35 bits per heavy atom. The van der Waals surface area contributed by atoms with Gasteiger partial charge in [0.05, 0.1) is 17.1 Å². The molecular formula is C13H18N4. The van der Waals surface area contributed by atoms with Gasteiger partial charge in [0.1, 0.15) is 0 Å². The zero-order valence-corrected chi connectivity index (χ0v) is 10.2. The van der Waals surface area contributed by atoms with Crippen LogP contribution in [0.25, 0.3) is 5.65 Å². The first-order valence-electron chi connectivity index (χ1n) is 6.35. The lowest BCUT2D eigenvalue weighted by Crippen LogP contribution is -2.08. The van der Waals surface area contributed by atoms with E-state index in [1.165, 1.54) is 31.4 Å². The summed E-state index contributed by atoms with van der Waals surface area (Å²) in [7, 11) is 0. The second-order valence-electron chi connectivity index (χ2n) is 4.86. The maximum atomic E-state index is 5.76. The van der Waals surface area contributed by atoms with E-state index < -0.39 is 0 Å². The number of nitrogens with two attached hydrogens (primary N) is 1. The third kappa shape index (κ3) is 1.72. The summed E-state index contributed by atoms with van der Waals surface area (Å²) in [5, 5.41) is 4.72. The summed E-state index contributed by atoms with van der Waals surface area (Å²) in [5.41, 5.74) is 9.88. The first kappa shape index (κ1) is 10.7. The third-order valence-electron chi connectivity index (χ3n) is 3.76. The molecule has 0 unspecified atom stereocenters. The van der Waals surface area contributed by atoms with Crippen molar-refractivity contribution in [1.29, 1.82) is 0 Å². The topological polar surface area (TPSA) is 56.2 Å². The van der Waals surface area contributed by atoms with E-state index in [0.717, 1.165) is 17.0 Å². The van der Waals surface area contributed by atoms with Gasteiger partial charge in [-0.05, 0) is 31.9 Å². The molecule has 0 spiro atoms. The van der Waals surface area contributed by atoms with Crippen LogP contribution < -0.4 is 5.73 Å². The predicted octanol–water partition coefficient (Wildman–Crippen LogP) is 2.15. The maximum absolute atomic E-state index is 5.76. The fourth-order valence-corrected chi connectivity index (χ4v) is 2.78. The smallest absolute Gasteiger partial charge is 0.154 e. The minimum absolute atomic E-state index is 0.494. The molecule has 0 amide bonds. The molecule has 0 atom stereocenters. The molecule has 0 aliphatic heterocycles. The van der Waals surface area contributed by atoms with Crippen LogP contribution in [0, 0.1) is 6.92 Å². The average molecular weight is 230 g/mol. The molecule has 1 aliphatic carbocycles. The fraction of sp³-hybridized carbons (Fsp3) is 0.538. The van der Waals surface area contributed by atoms with Crippen LogP contribution in [-0.2, 0) is 6.54 Å². The van der Waals surface area contributed by atoms with Crippen LogP contribution in [0.4, 0.5) is 0 Å². The van der Waals surface area contributed by atoms with E-state index in [4.69, 9.17) is 10.8 Å². The number of rotatable bonds is 2. The molecule has 2 N–H and O–H groups in total. The second kappa shape index (κ2) is 4.11. The van der Waals surface area contributed by atoms with Gasteiger partial charge in [-0.3, -0.25) is 0 Å². The minimum atomic E-state index is 0.494. The lowest BCUT2D eigenvalue weighted by molar-refractivity contribution is 0.664. The highest BCUT2D eigenvalue weighted by Gasteiger charge is 2.19. The van der Waals surface area contributed by atoms with Crippen molar-refractivity contribution in [2.75, 3.05) is 0 Å². The van der Waals surface area contributed by atoms with Gasteiger partial charge in [0, 0.05) is 12.5 Å². The summed E-state index contributed by atoms with van der Waals surface area (Å²) in [6.07, 6.45) is 5.20. The number of hydrogen-bond acceptors (Lipinski definition) is 3. The molecule has 0 saturated heterocycles. The summed E-state index contributed by atoms with van der Waals surface area (Å²) < 4.78 is 1.92. The molecule has 4 nitrogen and oxygen atoms in total. The summed E-state index contributed by atoms with van der Waals surface area (Å²) in [5.74, 6) is 0.632. The Balaban J connectivity index is 2.10. The van der Waals surface area contributed by atoms with Gasteiger partial charge in [-0.15, -0.1) is 0 Å². The monoisotopic (exact) mass is 230 g/mol. The van der Waals surface area contributed by atoms with Crippen LogP contribution in [-0.4, -0.2) is 14.6 Å². The SMILES string of the molecule is Cc1nc2ccc(C3CCCC3)nn2c1CN. The molecule has 0 radical (unpaired) electrons. The van der Waals surface area contributed by atoms with Gasteiger partial charge in [-0.25, -0.2) is 9.50 Å². The third-order valence-corrected chi connectivity index (χ3v) is 3.76. The molecule has 17 heavy (non-hydrogen) atoms. The summed E-state index contributed by atoms with van der Waals surface area (Å²) in [4.78, 5) is 4.47. The van der Waals surface area contributed by atoms with Crippen molar-refractivity contribution in [3.63, 3.8) is 0 Å². The second-order valence-corrected chi connectivity index (χ2v) is 4.86. The van der Waals surface area contributed by atoms with Crippen molar-refractivity contribution >= 4 is 5.65 Å². The van der Waals surface area contributed by atoms with E-state index in [1.807, 2.05) is 11.4 Å². The summed E-state index contributed by atoms with van der Waals surface area (Å²) >= 11 is 0. The highest BCUT2D eigenvalue weighted by molar-refractivity contribution is 5.42. The van der Waals surface area contributed by atoms with E-state index in [2.05, 4.69) is 17.1 Å². The molecule has 2 heterocycles. The van der Waals surface area contributed by atoms with Gasteiger partial charge < -0.3 is 5.73 Å². The predicted molar refractivity (Wildman–Crippen MR) is 66.8 cm³/mol. The van der Waals surface area contributed by atoms with E-state index in [9.17, 15) is 0 Å². The van der Waals surface area contributed by atoms with E-state index in [1.54, 1.807) is 0 Å². The molecule has 1 saturated carbocycles. The van der Waals surface area contributed by atoms with Gasteiger partial charge >= 0.3 is 0 Å². The molecule has 0 aromatic carbocycles. The van der Waals surface area contributed by atoms with Crippen molar-refractivity contribution in [2.24, 2.45) is 5.73 Å². The number of aryl methyl sites for hydroxylation is 1. The Morgan fingerprint density at radius 2 is 2.12 bits per heavy atom. The highest BCUT2D eigenvalue weighted by Crippen LogP contribution is 2.32. The zero-order chi connectivity index (χ0) is 11.8. The van der Waals surface area contributed by atoms with Crippen LogP contribution in [0.1, 0.15) is 48.7 Å². The largest absolute Gasteiger partial charge is 0.325 e. The van der Waals surface area contributed by atoms with Gasteiger partial charge in [-0.2, -0.15) is 5.10 Å². The van der Waals surface area contributed by atoms with Crippen LogP contribution >= 0.6 is 0 Å². The molecule has 90 valence electrons. The lowest BCUT2D eigenvalue weighted by Gasteiger charge is -2.08. The van der Waals surface area contributed by atoms with Crippen LogP contribution in [0.2, 0.25) is 0 Å². The summed E-state index contributed by atoms with van der Waals surface area (Å²) in [6.45, 7) is 2.49. The first-order chi connectivity index (χ1) is 8.29. The number of hydrogen-bond donors (Lipinski definition) is 1. The van der Waals surface area contributed by atoms with Crippen molar-refractivity contribution in [2.45, 2.75) is 45.1 Å². The van der Waals surface area contributed by atoms with Gasteiger partial charge in [0.2, 0.25) is 0 Å². The standard InChI is InChI=1S/C13H18N4/c1-9-12(8-14)17-13(15-9)7-6-11(16-17)10-4-2-3-5-10/h6-7,10H,2-5,8,14H2,1H3. The average Bonchev–Trinajstić information content (AvgIpc) is 2.93. The number of nitrogens with zero attached hydrogens (tertiary/aromatic N) is 3. The van der Waals surface area contributed by atoms with E-state index in [-0.39, 0.29) is 0 Å². The molecule has 3 rings (SSSR count). The van der Waals surface area contributed by atoms with E-state index >= 15 is 0 Å². The Hall–Kier alpha value is -1.42. The minimum Gasteiger partial charge on any atom is -0.325 e. The number of fused-ring (bicyclic) bond motifs is 1. The Labute approximate surface area is 101 Å². The highest BCUT2D eigenvalue weighted by atomic mass is 15.3. The molecule has 1 fully saturated rings. The van der Waals surface area contributed by atoms with E-state index in [0.29, 0.717) is 12.5 Å². The van der Waals surface area contributed by atoms with Crippen LogP contribution in [0.15, 0.2) is 12.1 Å². The lowest BCUT2D eigenvalue weighted by atomic mass is 10.0. The van der Waals surface area contributed by atoms with Crippen LogP contribution in [0.5, 0.6) is 0 Å². The van der Waals surface area contributed by atoms with Gasteiger partial charge in [0.25, 0.3) is 0 Å². The molecule has 2 aromatic rings. The van der Waals surface area contributed by atoms with Crippen LogP contribution in [0.3, 0.4) is 0 Å². The fourth-order valence-electron chi connectivity index (χ4n) is 2.78. The van der Waals surface area contributed by atoms with Crippen molar-refractivity contribution in [1.82, 2.24) is 14.6 Å². The summed E-state index contributed by atoms with van der Waals surface area (Å²) in [6, 6.07) is 4.19. The zero-order valence-electron chi connectivity index (χ0n) is 10.2. The van der Waals surface area contributed by atoms with Crippen molar-refractivity contribution < 1.29 is 0 Å². The maximum Gasteiger partial charge on any atom is 0.154 e. The molecule has 1 aliphatic rings. The molecule has 4 heteroatoms. The van der Waals surface area contributed by atoms with Crippen molar-refractivity contribution in [3.05, 3.63) is 29.2 Å². The Bertz CT molecular complexity index is 538. The molecular weight excluding hydrogens is 212 g/mol. The number of imidazole rings is 1. The Morgan fingerprint density at radius 3 is 2.82 bits per heavy atom. The van der Waals surface area contributed by atoms with Gasteiger partial charge in [-0.1, -0.05) is 12.8 Å². The van der Waals surface area contributed by atoms with Crippen molar-refractivity contribution in [3.8, 4) is 0 Å². The molecule has 2 aromatic heterocycles. The molecule has 0 bridgehead atoms. The quantitative estimate of drug-likeness (QED) is 0.860. The number of aromatic nitrogens is 3. The first-order valence-corrected chi connectivity index (χ1v) is 6.35. The van der Waals surface area contributed by atoms with Gasteiger partial charge in [0.15, 0.2) is 5.65 Å². The Kier molecular flexibility index (Phi) is 2.59.